The Balaban J connectivity index is 2.94. The van der Waals surface area contributed by atoms with Gasteiger partial charge in [-0.05, 0) is 24.9 Å². The molecule has 0 aliphatic heterocycles. The maximum atomic E-state index is 9.79. The number of aliphatic hydroxyl groups excluding tert-OH is 1. The second kappa shape index (κ2) is 8.71. The van der Waals surface area contributed by atoms with Crippen molar-refractivity contribution in [3.63, 3.8) is 0 Å². The van der Waals surface area contributed by atoms with E-state index < -0.39 is 0 Å². The molecule has 0 heterocycles. The molecule has 1 aromatic carbocycles. The van der Waals surface area contributed by atoms with Gasteiger partial charge >= 0.3 is 0 Å². The molecule has 0 saturated heterocycles. The van der Waals surface area contributed by atoms with E-state index in [1.165, 1.54) is 5.56 Å². The number of benzene rings is 1. The molecule has 0 fully saturated rings. The highest BCUT2D eigenvalue weighted by Gasteiger charge is 2.28. The lowest BCUT2D eigenvalue weighted by Crippen LogP contribution is -2.35. The highest BCUT2D eigenvalue weighted by Crippen LogP contribution is 2.35. The summed E-state index contributed by atoms with van der Waals surface area (Å²) < 4.78 is 0. The number of hydrogen-bond acceptors (Lipinski definition) is 3. The van der Waals surface area contributed by atoms with Crippen LogP contribution in [0.25, 0.3) is 0 Å². The Morgan fingerprint density at radius 3 is 2.15 bits per heavy atom. The molecule has 0 radical (unpaired) electrons. The first-order valence-corrected chi connectivity index (χ1v) is 8.53. The Morgan fingerprint density at radius 1 is 1.10 bits per heavy atom. The number of nitrogens with one attached hydrogen (secondary N) is 1. The van der Waals surface area contributed by atoms with E-state index in [4.69, 9.17) is 0 Å². The zero-order valence-electron chi connectivity index (χ0n) is 13.3. The third-order valence-corrected chi connectivity index (χ3v) is 5.57. The molecule has 0 aromatic heterocycles. The van der Waals surface area contributed by atoms with Crippen LogP contribution in [0, 0.1) is 5.92 Å². The van der Waals surface area contributed by atoms with Gasteiger partial charge in [-0.1, -0.05) is 58.0 Å². The van der Waals surface area contributed by atoms with Crippen LogP contribution in [-0.2, 0) is 0 Å². The van der Waals surface area contributed by atoms with E-state index in [1.807, 2.05) is 18.7 Å². The van der Waals surface area contributed by atoms with Crippen LogP contribution in [-0.4, -0.2) is 28.3 Å². The predicted octanol–water partition coefficient (Wildman–Crippen LogP) is 3.86. The summed E-state index contributed by atoms with van der Waals surface area (Å²) in [6, 6.07) is 11.0. The van der Waals surface area contributed by atoms with Crippen LogP contribution in [0.1, 0.15) is 46.2 Å². The van der Waals surface area contributed by atoms with E-state index in [-0.39, 0.29) is 11.4 Å². The van der Waals surface area contributed by atoms with Crippen LogP contribution in [0.5, 0.6) is 0 Å². The summed E-state index contributed by atoms with van der Waals surface area (Å²) in [5, 5.41) is 14.1. The minimum atomic E-state index is -0.278. The molecule has 114 valence electrons. The van der Waals surface area contributed by atoms with Gasteiger partial charge in [0.15, 0.2) is 0 Å². The maximum absolute atomic E-state index is 9.79. The largest absolute Gasteiger partial charge is 0.392 e. The van der Waals surface area contributed by atoms with Gasteiger partial charge in [-0.3, -0.25) is 0 Å². The molecular formula is C17H29NOS. The van der Waals surface area contributed by atoms with Crippen molar-refractivity contribution in [2.24, 2.45) is 5.92 Å². The number of aliphatic hydroxyl groups is 1. The lowest BCUT2D eigenvalue weighted by atomic mass is 9.96. The molecule has 1 rings (SSSR count). The lowest BCUT2D eigenvalue weighted by molar-refractivity contribution is 0.196. The van der Waals surface area contributed by atoms with Crippen molar-refractivity contribution in [1.82, 2.24) is 5.32 Å². The molecule has 4 atom stereocenters. The van der Waals surface area contributed by atoms with Crippen molar-refractivity contribution in [2.45, 2.75) is 57.3 Å². The van der Waals surface area contributed by atoms with Crippen LogP contribution in [0.15, 0.2) is 30.3 Å². The zero-order chi connectivity index (χ0) is 15.1. The topological polar surface area (TPSA) is 32.3 Å². The smallest absolute Gasteiger partial charge is 0.0628 e. The summed E-state index contributed by atoms with van der Waals surface area (Å²) in [5.74, 6) is 0.547. The first-order chi connectivity index (χ1) is 9.47. The molecule has 4 unspecified atom stereocenters. The summed E-state index contributed by atoms with van der Waals surface area (Å²) in [6.07, 6.45) is -0.278. The summed E-state index contributed by atoms with van der Waals surface area (Å²) in [7, 11) is 0. The number of rotatable bonds is 8. The van der Waals surface area contributed by atoms with Crippen molar-refractivity contribution in [3.8, 4) is 0 Å². The lowest BCUT2D eigenvalue weighted by Gasteiger charge is -2.33. The van der Waals surface area contributed by atoms with E-state index in [9.17, 15) is 5.11 Å². The Morgan fingerprint density at radius 2 is 1.70 bits per heavy atom. The summed E-state index contributed by atoms with van der Waals surface area (Å²) in [4.78, 5) is 0. The fraction of sp³-hybridized carbons (Fsp3) is 0.647. The SMILES string of the molecule is CCNC(c1ccccc1)C(SC(C)C(C)O)C(C)C. The van der Waals surface area contributed by atoms with Crippen molar-refractivity contribution in [2.75, 3.05) is 6.54 Å². The van der Waals surface area contributed by atoms with Crippen LogP contribution >= 0.6 is 11.8 Å². The second-order valence-corrected chi connectivity index (χ2v) is 7.30. The molecule has 2 nitrogen and oxygen atoms in total. The maximum Gasteiger partial charge on any atom is 0.0628 e. The van der Waals surface area contributed by atoms with Gasteiger partial charge in [0, 0.05) is 16.5 Å². The van der Waals surface area contributed by atoms with Gasteiger partial charge in [0.1, 0.15) is 0 Å². The van der Waals surface area contributed by atoms with Gasteiger partial charge in [0.05, 0.1) is 6.10 Å². The molecule has 3 heteroatoms. The summed E-state index contributed by atoms with van der Waals surface area (Å²) in [5.41, 5.74) is 1.33. The molecule has 0 spiro atoms. The highest BCUT2D eigenvalue weighted by atomic mass is 32.2. The van der Waals surface area contributed by atoms with E-state index in [2.05, 4.69) is 63.3 Å². The Bertz CT molecular complexity index is 367. The molecule has 0 bridgehead atoms. The Hall–Kier alpha value is -0.510. The average molecular weight is 295 g/mol. The number of hydrogen-bond donors (Lipinski definition) is 2. The van der Waals surface area contributed by atoms with Gasteiger partial charge in [0.25, 0.3) is 0 Å². The molecule has 0 aliphatic carbocycles. The third-order valence-electron chi connectivity index (χ3n) is 3.62. The molecule has 1 aromatic rings. The predicted molar refractivity (Wildman–Crippen MR) is 90.2 cm³/mol. The van der Waals surface area contributed by atoms with Crippen LogP contribution in [0.3, 0.4) is 0 Å². The standard InChI is InChI=1S/C17H29NOS/c1-6-18-16(15-10-8-7-9-11-15)17(12(2)3)20-14(5)13(4)19/h7-14,16-19H,6H2,1-5H3. The van der Waals surface area contributed by atoms with Gasteiger partial charge in [-0.25, -0.2) is 0 Å². The minimum absolute atomic E-state index is 0.243. The van der Waals surface area contributed by atoms with Gasteiger partial charge in [0.2, 0.25) is 0 Å². The van der Waals surface area contributed by atoms with Crippen LogP contribution in [0.2, 0.25) is 0 Å². The molecule has 20 heavy (non-hydrogen) atoms. The Labute approximate surface area is 128 Å². The van der Waals surface area contributed by atoms with Gasteiger partial charge in [-0.15, -0.1) is 0 Å². The fourth-order valence-corrected chi connectivity index (χ4v) is 3.73. The van der Waals surface area contributed by atoms with Gasteiger partial charge < -0.3 is 10.4 Å². The second-order valence-electron chi connectivity index (χ2n) is 5.74. The summed E-state index contributed by atoms with van der Waals surface area (Å²) >= 11 is 1.89. The quantitative estimate of drug-likeness (QED) is 0.764. The fourth-order valence-electron chi connectivity index (χ4n) is 2.29. The first-order valence-electron chi connectivity index (χ1n) is 7.59. The first kappa shape index (κ1) is 17.5. The summed E-state index contributed by atoms with van der Waals surface area (Å²) in [6.45, 7) is 11.6. The molecular weight excluding hydrogens is 266 g/mol. The van der Waals surface area contributed by atoms with Crippen molar-refractivity contribution in [3.05, 3.63) is 35.9 Å². The van der Waals surface area contributed by atoms with E-state index >= 15 is 0 Å². The normalized spacial score (nSPS) is 17.8. The van der Waals surface area contributed by atoms with E-state index in [1.54, 1.807) is 0 Å². The number of thioether (sulfide) groups is 1. The Kier molecular flexibility index (Phi) is 7.63. The monoisotopic (exact) mass is 295 g/mol. The third kappa shape index (κ3) is 5.12. The molecule has 2 N–H and O–H groups in total. The molecule has 0 aliphatic rings. The van der Waals surface area contributed by atoms with Crippen molar-refractivity contribution in [1.29, 1.82) is 0 Å². The molecule has 0 saturated carbocycles. The molecule has 0 amide bonds. The van der Waals surface area contributed by atoms with Crippen molar-refractivity contribution < 1.29 is 5.11 Å². The minimum Gasteiger partial charge on any atom is -0.392 e. The van der Waals surface area contributed by atoms with Crippen LogP contribution in [0.4, 0.5) is 0 Å². The highest BCUT2D eigenvalue weighted by molar-refractivity contribution is 8.00. The van der Waals surface area contributed by atoms with E-state index in [0.29, 0.717) is 17.2 Å². The van der Waals surface area contributed by atoms with E-state index in [0.717, 1.165) is 6.54 Å². The zero-order valence-corrected chi connectivity index (χ0v) is 14.2. The van der Waals surface area contributed by atoms with Gasteiger partial charge in [-0.2, -0.15) is 11.8 Å². The van der Waals surface area contributed by atoms with Crippen LogP contribution < -0.4 is 5.32 Å². The average Bonchev–Trinajstić information content (AvgIpc) is 2.43. The van der Waals surface area contributed by atoms with Crippen molar-refractivity contribution >= 4 is 11.8 Å².